The van der Waals surface area contributed by atoms with E-state index in [1.54, 1.807) is 0 Å². The van der Waals surface area contributed by atoms with Crippen LogP contribution in [-0.4, -0.2) is 12.5 Å². The summed E-state index contributed by atoms with van der Waals surface area (Å²) in [6.07, 6.45) is 8.99. The van der Waals surface area contributed by atoms with Gasteiger partial charge < -0.3 is 5.32 Å². The number of rotatable bonds is 4. The minimum Gasteiger partial charge on any atom is -0.355 e. The van der Waals surface area contributed by atoms with Crippen LogP contribution < -0.4 is 5.32 Å². The minimum atomic E-state index is -0.193. The Labute approximate surface area is 126 Å². The molecule has 2 aliphatic rings. The van der Waals surface area contributed by atoms with Gasteiger partial charge in [0.15, 0.2) is 0 Å². The SMILES string of the molecule is O=C(NCC1(c2ccc(F)cc2)CCCC1)C1CCCC1. The van der Waals surface area contributed by atoms with Crippen LogP contribution >= 0.6 is 0 Å². The third-order valence-electron chi connectivity index (χ3n) is 5.34. The third kappa shape index (κ3) is 3.12. The van der Waals surface area contributed by atoms with Crippen molar-refractivity contribution in [2.45, 2.75) is 56.8 Å². The predicted octanol–water partition coefficient (Wildman–Crippen LogP) is 3.94. The third-order valence-corrected chi connectivity index (χ3v) is 5.34. The maximum Gasteiger partial charge on any atom is 0.223 e. The number of hydrogen-bond acceptors (Lipinski definition) is 1. The zero-order valence-electron chi connectivity index (χ0n) is 12.5. The van der Waals surface area contributed by atoms with Crippen molar-refractivity contribution in [2.24, 2.45) is 5.92 Å². The van der Waals surface area contributed by atoms with Crippen molar-refractivity contribution in [3.63, 3.8) is 0 Å². The summed E-state index contributed by atoms with van der Waals surface area (Å²) in [5.41, 5.74) is 1.19. The maximum atomic E-state index is 13.1. The van der Waals surface area contributed by atoms with E-state index in [0.717, 1.165) is 25.7 Å². The molecule has 1 amide bonds. The zero-order chi connectivity index (χ0) is 14.7. The molecule has 0 heterocycles. The topological polar surface area (TPSA) is 29.1 Å². The molecule has 2 nitrogen and oxygen atoms in total. The molecule has 1 aromatic carbocycles. The van der Waals surface area contributed by atoms with Crippen LogP contribution in [0, 0.1) is 11.7 Å². The second kappa shape index (κ2) is 6.17. The highest BCUT2D eigenvalue weighted by Gasteiger charge is 2.36. The molecule has 1 aromatic rings. The largest absolute Gasteiger partial charge is 0.355 e. The fourth-order valence-electron chi connectivity index (χ4n) is 4.01. The quantitative estimate of drug-likeness (QED) is 0.893. The molecule has 3 rings (SSSR count). The Morgan fingerprint density at radius 2 is 1.71 bits per heavy atom. The van der Waals surface area contributed by atoms with Gasteiger partial charge in [-0.2, -0.15) is 0 Å². The molecule has 0 radical (unpaired) electrons. The summed E-state index contributed by atoms with van der Waals surface area (Å²) < 4.78 is 13.1. The summed E-state index contributed by atoms with van der Waals surface area (Å²) >= 11 is 0. The maximum absolute atomic E-state index is 13.1. The number of halogens is 1. The van der Waals surface area contributed by atoms with E-state index in [4.69, 9.17) is 0 Å². The average Bonchev–Trinajstić information content (AvgIpc) is 3.18. The molecule has 0 saturated heterocycles. The molecule has 1 N–H and O–H groups in total. The van der Waals surface area contributed by atoms with Gasteiger partial charge in [-0.1, -0.05) is 37.8 Å². The van der Waals surface area contributed by atoms with Crippen LogP contribution in [-0.2, 0) is 10.2 Å². The van der Waals surface area contributed by atoms with E-state index in [1.807, 2.05) is 12.1 Å². The first-order valence-electron chi connectivity index (χ1n) is 8.23. The van der Waals surface area contributed by atoms with Gasteiger partial charge in [-0.15, -0.1) is 0 Å². The Morgan fingerprint density at radius 3 is 2.33 bits per heavy atom. The molecule has 21 heavy (non-hydrogen) atoms. The molecule has 0 unspecified atom stereocenters. The highest BCUT2D eigenvalue weighted by molar-refractivity contribution is 5.79. The van der Waals surface area contributed by atoms with Crippen molar-refractivity contribution in [1.82, 2.24) is 5.32 Å². The summed E-state index contributed by atoms with van der Waals surface area (Å²) in [5.74, 6) is 0.249. The van der Waals surface area contributed by atoms with Gasteiger partial charge >= 0.3 is 0 Å². The predicted molar refractivity (Wildman–Crippen MR) is 81.5 cm³/mol. The normalized spacial score (nSPS) is 21.6. The number of hydrogen-bond donors (Lipinski definition) is 1. The van der Waals surface area contributed by atoms with Gasteiger partial charge in [0.1, 0.15) is 5.82 Å². The van der Waals surface area contributed by atoms with Crippen LogP contribution in [0.15, 0.2) is 24.3 Å². The van der Waals surface area contributed by atoms with E-state index in [2.05, 4.69) is 5.32 Å². The number of carbonyl (C=O) groups excluding carboxylic acids is 1. The molecule has 114 valence electrons. The van der Waals surface area contributed by atoms with Gasteiger partial charge in [0.2, 0.25) is 5.91 Å². The molecule has 0 atom stereocenters. The van der Waals surface area contributed by atoms with Crippen LogP contribution in [0.1, 0.15) is 56.9 Å². The summed E-state index contributed by atoms with van der Waals surface area (Å²) in [5, 5.41) is 3.19. The Hall–Kier alpha value is -1.38. The fourth-order valence-corrected chi connectivity index (χ4v) is 4.01. The van der Waals surface area contributed by atoms with Crippen molar-refractivity contribution < 1.29 is 9.18 Å². The zero-order valence-corrected chi connectivity index (χ0v) is 12.5. The number of nitrogens with one attached hydrogen (secondary N) is 1. The van der Waals surface area contributed by atoms with Gasteiger partial charge in [0.25, 0.3) is 0 Å². The van der Waals surface area contributed by atoms with E-state index in [-0.39, 0.29) is 23.1 Å². The van der Waals surface area contributed by atoms with Crippen molar-refractivity contribution in [2.75, 3.05) is 6.54 Å². The Balaban J connectivity index is 1.69. The summed E-state index contributed by atoms with van der Waals surface area (Å²) in [6.45, 7) is 0.702. The van der Waals surface area contributed by atoms with Gasteiger partial charge in [-0.3, -0.25) is 4.79 Å². The van der Waals surface area contributed by atoms with E-state index in [0.29, 0.717) is 6.54 Å². The smallest absolute Gasteiger partial charge is 0.223 e. The molecule has 2 aliphatic carbocycles. The molecule has 0 aromatic heterocycles. The standard InChI is InChI=1S/C18H24FNO/c19-16-9-7-15(8-10-16)18(11-3-4-12-18)13-20-17(21)14-5-1-2-6-14/h7-10,14H,1-6,11-13H2,(H,20,21). The lowest BCUT2D eigenvalue weighted by Gasteiger charge is -2.30. The van der Waals surface area contributed by atoms with Crippen molar-refractivity contribution in [1.29, 1.82) is 0 Å². The number of amides is 1. The molecule has 2 saturated carbocycles. The van der Waals surface area contributed by atoms with Crippen LogP contribution in [0.5, 0.6) is 0 Å². The number of carbonyl (C=O) groups is 1. The average molecular weight is 289 g/mol. The lowest BCUT2D eigenvalue weighted by Crippen LogP contribution is -2.41. The van der Waals surface area contributed by atoms with E-state index in [1.165, 1.54) is 43.4 Å². The second-order valence-corrected chi connectivity index (χ2v) is 6.69. The summed E-state index contributed by atoms with van der Waals surface area (Å²) in [7, 11) is 0. The van der Waals surface area contributed by atoms with Gasteiger partial charge in [-0.05, 0) is 43.4 Å². The molecule has 3 heteroatoms. The lowest BCUT2D eigenvalue weighted by molar-refractivity contribution is -0.125. The van der Waals surface area contributed by atoms with Gasteiger partial charge in [-0.25, -0.2) is 4.39 Å². The van der Waals surface area contributed by atoms with Crippen LogP contribution in [0.2, 0.25) is 0 Å². The fraction of sp³-hybridized carbons (Fsp3) is 0.611. The summed E-state index contributed by atoms with van der Waals surface area (Å²) in [6, 6.07) is 6.85. The van der Waals surface area contributed by atoms with Gasteiger partial charge in [0, 0.05) is 17.9 Å². The first-order chi connectivity index (χ1) is 10.2. The molecule has 2 fully saturated rings. The van der Waals surface area contributed by atoms with Crippen LogP contribution in [0.25, 0.3) is 0 Å². The monoisotopic (exact) mass is 289 g/mol. The molecular formula is C18H24FNO. The minimum absolute atomic E-state index is 0.0158. The molecule has 0 spiro atoms. The number of benzene rings is 1. The Morgan fingerprint density at radius 1 is 1.10 bits per heavy atom. The first kappa shape index (κ1) is 14.6. The Bertz CT molecular complexity index is 484. The molecule has 0 bridgehead atoms. The van der Waals surface area contributed by atoms with Gasteiger partial charge in [0.05, 0.1) is 0 Å². The highest BCUT2D eigenvalue weighted by Crippen LogP contribution is 2.40. The van der Waals surface area contributed by atoms with Crippen LogP contribution in [0.4, 0.5) is 4.39 Å². The van der Waals surface area contributed by atoms with E-state index < -0.39 is 0 Å². The second-order valence-electron chi connectivity index (χ2n) is 6.69. The first-order valence-corrected chi connectivity index (χ1v) is 8.23. The van der Waals surface area contributed by atoms with E-state index >= 15 is 0 Å². The van der Waals surface area contributed by atoms with Crippen molar-refractivity contribution in [3.8, 4) is 0 Å². The molecular weight excluding hydrogens is 265 g/mol. The van der Waals surface area contributed by atoms with E-state index in [9.17, 15) is 9.18 Å². The summed E-state index contributed by atoms with van der Waals surface area (Å²) in [4.78, 5) is 12.3. The van der Waals surface area contributed by atoms with Crippen molar-refractivity contribution >= 4 is 5.91 Å². The Kier molecular flexibility index (Phi) is 4.27. The van der Waals surface area contributed by atoms with Crippen molar-refractivity contribution in [3.05, 3.63) is 35.6 Å². The van der Waals surface area contributed by atoms with Crippen LogP contribution in [0.3, 0.4) is 0 Å². The molecule has 0 aliphatic heterocycles. The highest BCUT2D eigenvalue weighted by atomic mass is 19.1. The lowest BCUT2D eigenvalue weighted by atomic mass is 9.78.